The summed E-state index contributed by atoms with van der Waals surface area (Å²) in [5.41, 5.74) is 0. The van der Waals surface area contributed by atoms with Gasteiger partial charge in [-0.05, 0) is 0 Å². The fourth-order valence-corrected chi connectivity index (χ4v) is 1.30. The maximum Gasteiger partial charge on any atom is 0.490 e. The summed E-state index contributed by atoms with van der Waals surface area (Å²) in [5.74, 6) is -33.3. The molecular weight excluding hydrogens is 437 g/mol. The summed E-state index contributed by atoms with van der Waals surface area (Å²) in [4.78, 5) is 10.1. The molecule has 0 N–H and O–H groups in total. The van der Waals surface area contributed by atoms with Crippen LogP contribution in [0.25, 0.3) is 0 Å². The number of ether oxygens (including phenoxy) is 1. The first-order valence-corrected chi connectivity index (χ1v) is 6.01. The fraction of sp³-hybridized carbons (Fsp3) is 0.900. The molecule has 0 aliphatic rings. The Morgan fingerprint density at radius 3 is 1.44 bits per heavy atom. The monoisotopic (exact) mass is 442 g/mol. The Morgan fingerprint density at radius 1 is 0.704 bits per heavy atom. The molecule has 0 amide bonds. The van der Waals surface area contributed by atoms with Crippen molar-refractivity contribution in [2.45, 2.75) is 48.6 Å². The average Bonchev–Trinajstić information content (AvgIpc) is 2.43. The highest BCUT2D eigenvalue weighted by Gasteiger charge is 2.88. The molecule has 0 fully saturated rings. The number of carbonyl (C=O) groups excluding carboxylic acids is 1. The lowest BCUT2D eigenvalue weighted by Crippen LogP contribution is -2.68. The summed E-state index contributed by atoms with van der Waals surface area (Å²) in [6, 6.07) is 0. The zero-order valence-corrected chi connectivity index (χ0v) is 12.0. The molecule has 0 aromatic rings. The first kappa shape index (κ1) is 25.4. The van der Waals surface area contributed by atoms with Gasteiger partial charge in [0.05, 0.1) is 6.61 Å². The van der Waals surface area contributed by atoms with Crippen molar-refractivity contribution in [1.82, 2.24) is 0 Å². The highest BCUT2D eigenvalue weighted by atomic mass is 19.4. The molecule has 0 rings (SSSR count). The second kappa shape index (κ2) is 7.10. The van der Waals surface area contributed by atoms with E-state index >= 15 is 0 Å². The molecule has 0 aromatic heterocycles. The molecule has 0 radical (unpaired) electrons. The van der Waals surface area contributed by atoms with Gasteiger partial charge in [0, 0.05) is 6.42 Å². The summed E-state index contributed by atoms with van der Waals surface area (Å²) < 4.78 is 189. The maximum absolute atomic E-state index is 13.1. The van der Waals surface area contributed by atoms with E-state index in [1.807, 2.05) is 0 Å². The molecule has 17 heteroatoms. The second-order valence-electron chi connectivity index (χ2n) is 4.73. The molecule has 0 bridgehead atoms. The van der Waals surface area contributed by atoms with Gasteiger partial charge in [-0.2, -0.15) is 61.5 Å². The number of hydrogen-bond donors (Lipinski definition) is 0. The zero-order chi connectivity index (χ0) is 22.3. The van der Waals surface area contributed by atoms with Crippen LogP contribution >= 0.6 is 0 Å². The van der Waals surface area contributed by atoms with Gasteiger partial charge in [-0.3, -0.25) is 0 Å². The van der Waals surface area contributed by atoms with Crippen molar-refractivity contribution in [3.8, 4) is 0 Å². The van der Waals surface area contributed by atoms with E-state index in [1.165, 1.54) is 0 Å². The SMILES string of the molecule is O=C(OCCC(F)C(F)(F)C(F)(F)C(F)(F)C(F)(F)C(F)(F)F)C(F)(F)F. The number of hydrogen-bond acceptors (Lipinski definition) is 2. The van der Waals surface area contributed by atoms with Crippen molar-refractivity contribution in [2.24, 2.45) is 0 Å². The van der Waals surface area contributed by atoms with Crippen molar-refractivity contribution < 1.29 is 75.4 Å². The van der Waals surface area contributed by atoms with Crippen LogP contribution in [0.5, 0.6) is 0 Å². The summed E-state index contributed by atoms with van der Waals surface area (Å²) in [6.07, 6.45) is -20.2. The van der Waals surface area contributed by atoms with E-state index in [2.05, 4.69) is 4.74 Å². The lowest BCUT2D eigenvalue weighted by molar-refractivity contribution is -0.426. The second-order valence-corrected chi connectivity index (χ2v) is 4.73. The van der Waals surface area contributed by atoms with E-state index in [4.69, 9.17) is 0 Å². The standard InChI is InChI=1S/C10H5F15O2/c11-3(1-2-27-4(26)6(14,15)16)5(12,13)7(17,18)8(19,20)9(21,22)10(23,24)25/h3H,1-2H2. The van der Waals surface area contributed by atoms with Gasteiger partial charge in [-0.1, -0.05) is 0 Å². The number of rotatable bonds is 7. The normalized spacial score (nSPS) is 16.3. The third kappa shape index (κ3) is 4.47. The van der Waals surface area contributed by atoms with Crippen LogP contribution in [0, 0.1) is 0 Å². The zero-order valence-electron chi connectivity index (χ0n) is 12.0. The van der Waals surface area contributed by atoms with Gasteiger partial charge in [-0.15, -0.1) is 0 Å². The molecular formula is C10H5F15O2. The number of halogens is 15. The quantitative estimate of drug-likeness (QED) is 0.413. The molecule has 1 unspecified atom stereocenters. The van der Waals surface area contributed by atoms with Gasteiger partial charge < -0.3 is 4.74 Å². The molecule has 0 heterocycles. The number of esters is 1. The van der Waals surface area contributed by atoms with E-state index in [1.54, 1.807) is 0 Å². The third-order valence-corrected chi connectivity index (χ3v) is 2.79. The molecule has 0 spiro atoms. The van der Waals surface area contributed by atoms with Crippen molar-refractivity contribution in [2.75, 3.05) is 6.61 Å². The van der Waals surface area contributed by atoms with Gasteiger partial charge in [-0.25, -0.2) is 9.18 Å². The van der Waals surface area contributed by atoms with Crippen LogP contribution in [0.3, 0.4) is 0 Å². The Labute approximate surface area is 138 Å². The lowest BCUT2D eigenvalue weighted by atomic mass is 9.94. The van der Waals surface area contributed by atoms with Crippen molar-refractivity contribution in [1.29, 1.82) is 0 Å². The van der Waals surface area contributed by atoms with Gasteiger partial charge in [0.1, 0.15) is 0 Å². The van der Waals surface area contributed by atoms with Crippen LogP contribution in [0.4, 0.5) is 65.9 Å². The molecule has 0 saturated carbocycles. The van der Waals surface area contributed by atoms with Crippen LogP contribution < -0.4 is 0 Å². The first-order valence-electron chi connectivity index (χ1n) is 6.01. The van der Waals surface area contributed by atoms with E-state index in [9.17, 15) is 70.7 Å². The summed E-state index contributed by atoms with van der Waals surface area (Å²) >= 11 is 0. The molecule has 1 atom stereocenters. The van der Waals surface area contributed by atoms with E-state index in [-0.39, 0.29) is 0 Å². The Bertz CT molecular complexity index is 532. The molecule has 2 nitrogen and oxygen atoms in total. The smallest absolute Gasteiger partial charge is 0.459 e. The van der Waals surface area contributed by atoms with E-state index < -0.39 is 61.2 Å². The van der Waals surface area contributed by atoms with Crippen LogP contribution in [0.15, 0.2) is 0 Å². The van der Waals surface area contributed by atoms with Gasteiger partial charge in [0.2, 0.25) is 0 Å². The third-order valence-electron chi connectivity index (χ3n) is 2.79. The Morgan fingerprint density at radius 2 is 1.11 bits per heavy atom. The minimum atomic E-state index is -7.85. The van der Waals surface area contributed by atoms with Crippen molar-refractivity contribution in [3.05, 3.63) is 0 Å². The van der Waals surface area contributed by atoms with Gasteiger partial charge in [0.15, 0.2) is 6.17 Å². The highest BCUT2D eigenvalue weighted by Crippen LogP contribution is 2.58. The summed E-state index contributed by atoms with van der Waals surface area (Å²) in [5, 5.41) is 0. The molecule has 0 saturated heterocycles. The van der Waals surface area contributed by atoms with Gasteiger partial charge in [0.25, 0.3) is 0 Å². The van der Waals surface area contributed by atoms with E-state index in [0.717, 1.165) is 0 Å². The van der Waals surface area contributed by atoms with Crippen molar-refractivity contribution >= 4 is 5.97 Å². The van der Waals surface area contributed by atoms with E-state index in [0.29, 0.717) is 0 Å². The van der Waals surface area contributed by atoms with Crippen LogP contribution in [-0.2, 0) is 9.53 Å². The summed E-state index contributed by atoms with van der Waals surface area (Å²) in [7, 11) is 0. The van der Waals surface area contributed by atoms with Crippen LogP contribution in [0.1, 0.15) is 6.42 Å². The molecule has 27 heavy (non-hydrogen) atoms. The molecule has 162 valence electrons. The van der Waals surface area contributed by atoms with Crippen LogP contribution in [0.2, 0.25) is 0 Å². The Hall–Kier alpha value is -1.58. The topological polar surface area (TPSA) is 26.3 Å². The van der Waals surface area contributed by atoms with Gasteiger partial charge >= 0.3 is 42.0 Å². The minimum absolute atomic E-state index is 2.06. The fourth-order valence-electron chi connectivity index (χ4n) is 1.30. The predicted octanol–water partition coefficient (Wildman–Crippen LogP) is 4.92. The first-order chi connectivity index (χ1) is 11.5. The Balaban J connectivity index is 5.50. The predicted molar refractivity (Wildman–Crippen MR) is 52.4 cm³/mol. The largest absolute Gasteiger partial charge is 0.490 e. The Kier molecular flexibility index (Phi) is 6.69. The molecule has 0 aromatic carbocycles. The average molecular weight is 442 g/mol. The maximum atomic E-state index is 13.1. The summed E-state index contributed by atoms with van der Waals surface area (Å²) in [6.45, 7) is -2.06. The van der Waals surface area contributed by atoms with Crippen molar-refractivity contribution in [3.63, 3.8) is 0 Å². The van der Waals surface area contributed by atoms with Crippen LogP contribution in [-0.4, -0.2) is 54.8 Å². The highest BCUT2D eigenvalue weighted by molar-refractivity contribution is 5.75. The number of carbonyl (C=O) groups is 1. The molecule has 0 aliphatic carbocycles. The molecule has 0 aliphatic heterocycles. The number of alkyl halides is 15. The minimum Gasteiger partial charge on any atom is -0.459 e. The lowest BCUT2D eigenvalue weighted by Gasteiger charge is -2.38.